The second kappa shape index (κ2) is 7.71. The molecule has 150 valence electrons. The van der Waals surface area contributed by atoms with E-state index in [1.807, 2.05) is 36.7 Å². The van der Waals surface area contributed by atoms with Crippen LogP contribution in [0, 0.1) is 0 Å². The van der Waals surface area contributed by atoms with E-state index >= 15 is 0 Å². The number of nitrogens with zero attached hydrogens (tertiary/aromatic N) is 3. The van der Waals surface area contributed by atoms with Gasteiger partial charge in [0.05, 0.1) is 11.2 Å². The van der Waals surface area contributed by atoms with Gasteiger partial charge in [-0.15, -0.1) is 0 Å². The standard InChI is InChI=1S/C29H19N3/c1-3-9-21(10-4-1)27-26-19-25(20-15-17-30-18-16-20)23-13-7-8-14-24(23)28(26)32-29(31-27)22-11-5-2-6-12-22/h1-19H. The summed E-state index contributed by atoms with van der Waals surface area (Å²) in [5, 5.41) is 3.33. The summed E-state index contributed by atoms with van der Waals surface area (Å²) in [5.74, 6) is 0.735. The quantitative estimate of drug-likeness (QED) is 0.291. The number of hydrogen-bond acceptors (Lipinski definition) is 3. The summed E-state index contributed by atoms with van der Waals surface area (Å²) in [6.45, 7) is 0. The Morgan fingerprint density at radius 2 is 1.09 bits per heavy atom. The van der Waals surface area contributed by atoms with Crippen LogP contribution in [0.1, 0.15) is 0 Å². The third-order valence-electron chi connectivity index (χ3n) is 5.78. The summed E-state index contributed by atoms with van der Waals surface area (Å²) in [4.78, 5) is 14.3. The monoisotopic (exact) mass is 409 g/mol. The number of fused-ring (bicyclic) bond motifs is 3. The topological polar surface area (TPSA) is 38.7 Å². The average Bonchev–Trinajstić information content (AvgIpc) is 2.89. The molecule has 0 saturated carbocycles. The molecule has 4 aromatic carbocycles. The first-order valence-corrected chi connectivity index (χ1v) is 10.6. The molecule has 0 radical (unpaired) electrons. The fourth-order valence-corrected chi connectivity index (χ4v) is 4.26. The van der Waals surface area contributed by atoms with E-state index in [-0.39, 0.29) is 0 Å². The lowest BCUT2D eigenvalue weighted by molar-refractivity contribution is 1.23. The van der Waals surface area contributed by atoms with E-state index in [4.69, 9.17) is 9.97 Å². The summed E-state index contributed by atoms with van der Waals surface area (Å²) in [7, 11) is 0. The Labute approximate surface area is 186 Å². The number of aromatic nitrogens is 3. The Kier molecular flexibility index (Phi) is 4.43. The first-order chi connectivity index (χ1) is 15.9. The van der Waals surface area contributed by atoms with Crippen LogP contribution in [0.25, 0.3) is 55.4 Å². The van der Waals surface area contributed by atoms with Gasteiger partial charge in [0.15, 0.2) is 5.82 Å². The van der Waals surface area contributed by atoms with E-state index in [1.54, 1.807) is 0 Å². The van der Waals surface area contributed by atoms with Crippen LogP contribution in [0.4, 0.5) is 0 Å². The molecular weight excluding hydrogens is 390 g/mol. The lowest BCUT2D eigenvalue weighted by Gasteiger charge is -2.14. The predicted molar refractivity (Wildman–Crippen MR) is 131 cm³/mol. The molecule has 0 fully saturated rings. The Balaban J connectivity index is 1.77. The van der Waals surface area contributed by atoms with E-state index < -0.39 is 0 Å². The number of benzene rings is 4. The molecule has 6 aromatic rings. The Bertz CT molecular complexity index is 1540. The highest BCUT2D eigenvalue weighted by Gasteiger charge is 2.16. The highest BCUT2D eigenvalue weighted by atomic mass is 14.9. The molecule has 2 heterocycles. The van der Waals surface area contributed by atoms with Crippen LogP contribution in [-0.4, -0.2) is 15.0 Å². The van der Waals surface area contributed by atoms with Gasteiger partial charge in [-0.2, -0.15) is 0 Å². The van der Waals surface area contributed by atoms with Crippen molar-refractivity contribution in [1.82, 2.24) is 15.0 Å². The first kappa shape index (κ1) is 18.4. The molecule has 0 atom stereocenters. The molecule has 6 rings (SSSR count). The molecule has 0 saturated heterocycles. The fourth-order valence-electron chi connectivity index (χ4n) is 4.26. The van der Waals surface area contributed by atoms with Crippen molar-refractivity contribution < 1.29 is 0 Å². The molecule has 0 amide bonds. The highest BCUT2D eigenvalue weighted by molar-refractivity contribution is 6.15. The third-order valence-corrected chi connectivity index (χ3v) is 5.78. The van der Waals surface area contributed by atoms with Crippen molar-refractivity contribution in [3.63, 3.8) is 0 Å². The van der Waals surface area contributed by atoms with Gasteiger partial charge < -0.3 is 0 Å². The van der Waals surface area contributed by atoms with Crippen LogP contribution in [0.2, 0.25) is 0 Å². The predicted octanol–water partition coefficient (Wildman–Crippen LogP) is 7.18. The minimum Gasteiger partial charge on any atom is -0.265 e. The normalized spacial score (nSPS) is 11.1. The van der Waals surface area contributed by atoms with E-state index in [2.05, 4.69) is 83.8 Å². The Morgan fingerprint density at radius 3 is 1.81 bits per heavy atom. The summed E-state index contributed by atoms with van der Waals surface area (Å²) < 4.78 is 0. The SMILES string of the molecule is c1ccc(-c2nc(-c3ccccc3)c3cc(-c4ccncc4)c4ccccc4c3n2)cc1. The fraction of sp³-hybridized carbons (Fsp3) is 0. The molecule has 32 heavy (non-hydrogen) atoms. The molecular formula is C29H19N3. The lowest BCUT2D eigenvalue weighted by Crippen LogP contribution is -1.97. The van der Waals surface area contributed by atoms with Gasteiger partial charge in [-0.1, -0.05) is 84.9 Å². The van der Waals surface area contributed by atoms with Crippen molar-refractivity contribution >= 4 is 21.7 Å². The van der Waals surface area contributed by atoms with Gasteiger partial charge in [0, 0.05) is 34.3 Å². The van der Waals surface area contributed by atoms with Crippen molar-refractivity contribution in [3.8, 4) is 33.8 Å². The number of hydrogen-bond donors (Lipinski definition) is 0. The second-order valence-corrected chi connectivity index (χ2v) is 7.73. The van der Waals surface area contributed by atoms with E-state index in [0.29, 0.717) is 0 Å². The molecule has 0 bridgehead atoms. The van der Waals surface area contributed by atoms with Crippen LogP contribution >= 0.6 is 0 Å². The van der Waals surface area contributed by atoms with Gasteiger partial charge >= 0.3 is 0 Å². The molecule has 2 aromatic heterocycles. The second-order valence-electron chi connectivity index (χ2n) is 7.73. The summed E-state index contributed by atoms with van der Waals surface area (Å²) in [6.07, 6.45) is 3.67. The van der Waals surface area contributed by atoms with Crippen LogP contribution in [-0.2, 0) is 0 Å². The van der Waals surface area contributed by atoms with Crippen molar-refractivity contribution in [2.45, 2.75) is 0 Å². The van der Waals surface area contributed by atoms with Crippen molar-refractivity contribution in [3.05, 3.63) is 116 Å². The molecule has 0 aliphatic heterocycles. The number of rotatable bonds is 3. The highest BCUT2D eigenvalue weighted by Crippen LogP contribution is 2.38. The maximum atomic E-state index is 5.07. The Hall–Kier alpha value is -4.37. The smallest absolute Gasteiger partial charge is 0.160 e. The van der Waals surface area contributed by atoms with Gasteiger partial charge in [0.2, 0.25) is 0 Å². The van der Waals surface area contributed by atoms with Crippen molar-refractivity contribution in [2.75, 3.05) is 0 Å². The zero-order chi connectivity index (χ0) is 21.3. The molecule has 3 nitrogen and oxygen atoms in total. The van der Waals surface area contributed by atoms with E-state index in [0.717, 1.165) is 50.1 Å². The first-order valence-electron chi connectivity index (χ1n) is 10.6. The number of pyridine rings is 1. The van der Waals surface area contributed by atoms with Gasteiger partial charge in [-0.05, 0) is 34.7 Å². The van der Waals surface area contributed by atoms with Crippen LogP contribution < -0.4 is 0 Å². The maximum Gasteiger partial charge on any atom is 0.160 e. The largest absolute Gasteiger partial charge is 0.265 e. The molecule has 3 heteroatoms. The van der Waals surface area contributed by atoms with Crippen molar-refractivity contribution in [2.24, 2.45) is 0 Å². The maximum absolute atomic E-state index is 5.07. The molecule has 0 unspecified atom stereocenters. The summed E-state index contributed by atoms with van der Waals surface area (Å²) >= 11 is 0. The average molecular weight is 409 g/mol. The van der Waals surface area contributed by atoms with Gasteiger partial charge in [-0.3, -0.25) is 4.98 Å². The van der Waals surface area contributed by atoms with Gasteiger partial charge in [-0.25, -0.2) is 9.97 Å². The van der Waals surface area contributed by atoms with Gasteiger partial charge in [0.25, 0.3) is 0 Å². The van der Waals surface area contributed by atoms with Crippen molar-refractivity contribution in [1.29, 1.82) is 0 Å². The third kappa shape index (κ3) is 3.12. The summed E-state index contributed by atoms with van der Waals surface area (Å²) in [6, 6.07) is 35.3. The lowest BCUT2D eigenvalue weighted by atomic mass is 9.94. The molecule has 0 aliphatic carbocycles. The molecule has 0 spiro atoms. The van der Waals surface area contributed by atoms with E-state index in [1.165, 1.54) is 5.39 Å². The minimum atomic E-state index is 0.735. The van der Waals surface area contributed by atoms with Crippen LogP contribution in [0.3, 0.4) is 0 Å². The molecule has 0 aliphatic rings. The molecule has 0 N–H and O–H groups in total. The van der Waals surface area contributed by atoms with E-state index in [9.17, 15) is 0 Å². The Morgan fingerprint density at radius 1 is 0.469 bits per heavy atom. The van der Waals surface area contributed by atoms with Crippen LogP contribution in [0.5, 0.6) is 0 Å². The van der Waals surface area contributed by atoms with Gasteiger partial charge in [0.1, 0.15) is 0 Å². The van der Waals surface area contributed by atoms with Crippen LogP contribution in [0.15, 0.2) is 116 Å². The minimum absolute atomic E-state index is 0.735. The zero-order valence-corrected chi connectivity index (χ0v) is 17.3. The summed E-state index contributed by atoms with van der Waals surface area (Å²) in [5.41, 5.74) is 6.27. The zero-order valence-electron chi connectivity index (χ0n) is 17.3.